The number of aromatic amines is 1. The molecule has 2 aromatic rings. The van der Waals surface area contributed by atoms with E-state index in [0.29, 0.717) is 11.3 Å². The number of carbonyl (C=O) groups is 1. The van der Waals surface area contributed by atoms with E-state index in [2.05, 4.69) is 20.9 Å². The number of rotatable bonds is 2. The average Bonchev–Trinajstić information content (AvgIpc) is 3.10. The number of nitrogen functional groups attached to an aromatic ring is 1. The van der Waals surface area contributed by atoms with Crippen LogP contribution in [-0.4, -0.2) is 22.3 Å². The first kappa shape index (κ1) is 13.2. The number of carbonyl (C=O) groups excluding carboxylic acids is 1. The van der Waals surface area contributed by atoms with Crippen molar-refractivity contribution in [3.05, 3.63) is 52.3 Å². The second kappa shape index (κ2) is 5.32. The van der Waals surface area contributed by atoms with Crippen molar-refractivity contribution in [1.29, 1.82) is 0 Å². The van der Waals surface area contributed by atoms with Crippen molar-refractivity contribution in [2.75, 3.05) is 12.3 Å². The van der Waals surface area contributed by atoms with Crippen molar-refractivity contribution in [2.24, 2.45) is 0 Å². The van der Waals surface area contributed by atoms with E-state index in [0.717, 1.165) is 29.6 Å². The Labute approximate surface area is 126 Å². The van der Waals surface area contributed by atoms with E-state index in [1.54, 1.807) is 12.1 Å². The summed E-state index contributed by atoms with van der Waals surface area (Å²) in [6.45, 7) is 0.772. The normalized spacial score (nSPS) is 18.4. The quantitative estimate of drug-likeness (QED) is 0.828. The number of nitrogens with two attached hydrogens (primary N) is 1. The summed E-state index contributed by atoms with van der Waals surface area (Å²) in [6, 6.07) is 9.51. The van der Waals surface area contributed by atoms with Crippen LogP contribution < -0.4 is 5.73 Å². The summed E-state index contributed by atoms with van der Waals surface area (Å²) in [5, 5.41) is 0. The number of likely N-dealkylation sites (tertiary alicyclic amines) is 1. The topological polar surface area (TPSA) is 62.1 Å². The van der Waals surface area contributed by atoms with E-state index in [1.165, 1.54) is 0 Å². The summed E-state index contributed by atoms with van der Waals surface area (Å²) in [6.07, 6.45) is 3.90. The minimum absolute atomic E-state index is 0.000833. The van der Waals surface area contributed by atoms with Crippen LogP contribution in [0.25, 0.3) is 0 Å². The minimum atomic E-state index is 0.000833. The van der Waals surface area contributed by atoms with Gasteiger partial charge in [0, 0.05) is 28.6 Å². The fourth-order valence-electron chi connectivity index (χ4n) is 2.75. The van der Waals surface area contributed by atoms with Gasteiger partial charge in [0.05, 0.1) is 11.6 Å². The first-order valence-electron chi connectivity index (χ1n) is 6.66. The summed E-state index contributed by atoms with van der Waals surface area (Å²) in [7, 11) is 0. The average molecular weight is 334 g/mol. The Bertz CT molecular complexity index is 624. The molecule has 1 fully saturated rings. The number of aromatic nitrogens is 1. The molecule has 3 rings (SSSR count). The van der Waals surface area contributed by atoms with Crippen LogP contribution in [0.4, 0.5) is 5.69 Å². The molecule has 1 aliphatic heterocycles. The van der Waals surface area contributed by atoms with Crippen LogP contribution in [0.3, 0.4) is 0 Å². The molecule has 20 heavy (non-hydrogen) atoms. The van der Waals surface area contributed by atoms with Gasteiger partial charge < -0.3 is 15.6 Å². The fraction of sp³-hybridized carbons (Fsp3) is 0.267. The summed E-state index contributed by atoms with van der Waals surface area (Å²) in [5.74, 6) is 0.000833. The molecule has 1 atom stereocenters. The van der Waals surface area contributed by atoms with E-state index >= 15 is 0 Å². The first-order chi connectivity index (χ1) is 9.66. The Morgan fingerprint density at radius 1 is 1.40 bits per heavy atom. The van der Waals surface area contributed by atoms with Crippen LogP contribution in [0.2, 0.25) is 0 Å². The summed E-state index contributed by atoms with van der Waals surface area (Å²) >= 11 is 3.39. The third-order valence-electron chi connectivity index (χ3n) is 3.74. The van der Waals surface area contributed by atoms with Crippen LogP contribution in [0, 0.1) is 0 Å². The third-order valence-corrected chi connectivity index (χ3v) is 4.23. The lowest BCUT2D eigenvalue weighted by atomic mass is 10.1. The number of nitrogens with zero attached hydrogens (tertiary/aromatic N) is 1. The number of hydrogen-bond donors (Lipinski definition) is 2. The number of nitrogens with one attached hydrogen (secondary N) is 1. The molecule has 1 saturated heterocycles. The van der Waals surface area contributed by atoms with Crippen molar-refractivity contribution in [3.8, 4) is 0 Å². The molecule has 1 aromatic carbocycles. The van der Waals surface area contributed by atoms with Crippen molar-refractivity contribution in [1.82, 2.24) is 9.88 Å². The predicted molar refractivity (Wildman–Crippen MR) is 82.4 cm³/mol. The van der Waals surface area contributed by atoms with Crippen molar-refractivity contribution in [2.45, 2.75) is 18.9 Å². The van der Waals surface area contributed by atoms with Gasteiger partial charge in [-0.05, 0) is 43.2 Å². The van der Waals surface area contributed by atoms with Crippen LogP contribution in [0.5, 0.6) is 0 Å². The summed E-state index contributed by atoms with van der Waals surface area (Å²) in [5.41, 5.74) is 8.12. The summed E-state index contributed by atoms with van der Waals surface area (Å²) < 4.78 is 0.866. The Morgan fingerprint density at radius 3 is 3.00 bits per heavy atom. The number of halogens is 1. The minimum Gasteiger partial charge on any atom is -0.398 e. The van der Waals surface area contributed by atoms with Gasteiger partial charge >= 0.3 is 0 Å². The van der Waals surface area contributed by atoms with Gasteiger partial charge in [-0.25, -0.2) is 0 Å². The molecule has 1 amide bonds. The second-order valence-electron chi connectivity index (χ2n) is 5.01. The Morgan fingerprint density at radius 2 is 2.25 bits per heavy atom. The van der Waals surface area contributed by atoms with E-state index in [4.69, 9.17) is 5.73 Å². The van der Waals surface area contributed by atoms with E-state index in [9.17, 15) is 4.79 Å². The maximum atomic E-state index is 12.7. The van der Waals surface area contributed by atoms with Crippen LogP contribution in [0.1, 0.15) is 34.9 Å². The van der Waals surface area contributed by atoms with Crippen molar-refractivity contribution >= 4 is 27.5 Å². The van der Waals surface area contributed by atoms with Gasteiger partial charge in [-0.3, -0.25) is 4.79 Å². The van der Waals surface area contributed by atoms with Gasteiger partial charge in [-0.2, -0.15) is 0 Å². The fourth-order valence-corrected chi connectivity index (χ4v) is 3.11. The molecule has 0 radical (unpaired) electrons. The van der Waals surface area contributed by atoms with Gasteiger partial charge in [0.1, 0.15) is 0 Å². The molecular weight excluding hydrogens is 318 g/mol. The largest absolute Gasteiger partial charge is 0.398 e. The lowest BCUT2D eigenvalue weighted by Crippen LogP contribution is -2.31. The zero-order valence-electron chi connectivity index (χ0n) is 11.0. The molecule has 4 nitrogen and oxygen atoms in total. The smallest absolute Gasteiger partial charge is 0.256 e. The highest BCUT2D eigenvalue weighted by Gasteiger charge is 2.31. The summed E-state index contributed by atoms with van der Waals surface area (Å²) in [4.78, 5) is 17.9. The van der Waals surface area contributed by atoms with Gasteiger partial charge in [0.15, 0.2) is 0 Å². The molecule has 0 saturated carbocycles. The highest BCUT2D eigenvalue weighted by atomic mass is 79.9. The SMILES string of the molecule is Nc1ccc(Br)cc1C(=O)N1CCCC1c1ccc[nH]1. The highest BCUT2D eigenvalue weighted by Crippen LogP contribution is 2.33. The first-order valence-corrected chi connectivity index (χ1v) is 7.45. The van der Waals surface area contributed by atoms with Crippen molar-refractivity contribution < 1.29 is 4.79 Å². The Kier molecular flexibility index (Phi) is 3.53. The van der Waals surface area contributed by atoms with Crippen LogP contribution >= 0.6 is 15.9 Å². The molecule has 0 bridgehead atoms. The van der Waals surface area contributed by atoms with Crippen LogP contribution in [-0.2, 0) is 0 Å². The molecule has 1 aliphatic rings. The number of H-pyrrole nitrogens is 1. The molecule has 3 N–H and O–H groups in total. The predicted octanol–water partition coefficient (Wildman–Crippen LogP) is 3.34. The van der Waals surface area contributed by atoms with Gasteiger partial charge in [-0.15, -0.1) is 0 Å². The molecule has 2 heterocycles. The molecule has 1 aromatic heterocycles. The zero-order valence-corrected chi connectivity index (χ0v) is 12.6. The molecule has 5 heteroatoms. The maximum absolute atomic E-state index is 12.7. The van der Waals surface area contributed by atoms with E-state index < -0.39 is 0 Å². The molecule has 1 unspecified atom stereocenters. The second-order valence-corrected chi connectivity index (χ2v) is 5.93. The lowest BCUT2D eigenvalue weighted by molar-refractivity contribution is 0.0734. The monoisotopic (exact) mass is 333 g/mol. The number of anilines is 1. The lowest BCUT2D eigenvalue weighted by Gasteiger charge is -2.24. The van der Waals surface area contributed by atoms with E-state index in [-0.39, 0.29) is 11.9 Å². The highest BCUT2D eigenvalue weighted by molar-refractivity contribution is 9.10. The van der Waals surface area contributed by atoms with Gasteiger partial charge in [-0.1, -0.05) is 15.9 Å². The number of amides is 1. The van der Waals surface area contributed by atoms with Gasteiger partial charge in [0.2, 0.25) is 0 Å². The molecular formula is C15H16BrN3O. The number of benzene rings is 1. The molecule has 0 spiro atoms. The zero-order chi connectivity index (χ0) is 14.1. The van der Waals surface area contributed by atoms with Gasteiger partial charge in [0.25, 0.3) is 5.91 Å². The van der Waals surface area contributed by atoms with E-state index in [1.807, 2.05) is 29.3 Å². The maximum Gasteiger partial charge on any atom is 0.256 e. The molecule has 104 valence electrons. The molecule has 0 aliphatic carbocycles. The Hall–Kier alpha value is -1.75. The third kappa shape index (κ3) is 2.33. The standard InChI is InChI=1S/C15H16BrN3O/c16-10-5-6-12(17)11(9-10)15(20)19-8-2-4-14(19)13-3-1-7-18-13/h1,3,5-7,9,14,18H,2,4,8,17H2. The van der Waals surface area contributed by atoms with Crippen LogP contribution in [0.15, 0.2) is 41.0 Å². The van der Waals surface area contributed by atoms with Crippen molar-refractivity contribution in [3.63, 3.8) is 0 Å². The Balaban J connectivity index is 1.91. The number of hydrogen-bond acceptors (Lipinski definition) is 2.